The van der Waals surface area contributed by atoms with Crippen LogP contribution < -0.4 is 4.90 Å². The number of aromatic nitrogens is 1. The summed E-state index contributed by atoms with van der Waals surface area (Å²) in [7, 11) is -3.39. The highest BCUT2D eigenvalue weighted by Crippen LogP contribution is 2.33. The molecule has 6 nitrogen and oxygen atoms in total. The normalized spacial score (nSPS) is 15.1. The fourth-order valence-corrected chi connectivity index (χ4v) is 5.20. The first kappa shape index (κ1) is 19.7. The first-order valence-corrected chi connectivity index (χ1v) is 11.5. The first-order chi connectivity index (χ1) is 13.7. The Morgan fingerprint density at radius 2 is 1.79 bits per heavy atom. The highest BCUT2D eigenvalue weighted by Gasteiger charge is 2.25. The SMILES string of the molecule is CS(=O)(=O)c1cccc2sc(N3CCN(C(=O)c4ccc(F)c(F)c4)CC3)nc12. The summed E-state index contributed by atoms with van der Waals surface area (Å²) in [5.41, 5.74) is 0.561. The maximum atomic E-state index is 13.4. The topological polar surface area (TPSA) is 70.6 Å². The molecule has 1 aliphatic rings. The van der Waals surface area contributed by atoms with Gasteiger partial charge in [-0.2, -0.15) is 0 Å². The second-order valence-electron chi connectivity index (χ2n) is 6.78. The molecule has 0 radical (unpaired) electrons. The fraction of sp³-hybridized carbons (Fsp3) is 0.263. The van der Waals surface area contributed by atoms with Gasteiger partial charge in [0.15, 0.2) is 26.6 Å². The lowest BCUT2D eigenvalue weighted by Crippen LogP contribution is -2.48. The summed E-state index contributed by atoms with van der Waals surface area (Å²) in [5.74, 6) is -2.39. The van der Waals surface area contributed by atoms with Crippen LogP contribution in [0.15, 0.2) is 41.3 Å². The van der Waals surface area contributed by atoms with Crippen molar-refractivity contribution < 1.29 is 22.0 Å². The van der Waals surface area contributed by atoms with Crippen LogP contribution >= 0.6 is 11.3 Å². The molecule has 0 bridgehead atoms. The number of halogens is 2. The van der Waals surface area contributed by atoms with Crippen LogP contribution in [0.4, 0.5) is 13.9 Å². The maximum Gasteiger partial charge on any atom is 0.254 e. The van der Waals surface area contributed by atoms with Crippen molar-refractivity contribution in [2.45, 2.75) is 4.90 Å². The summed E-state index contributed by atoms with van der Waals surface area (Å²) in [5, 5.41) is 0.691. The standard InChI is InChI=1S/C19H17F2N3O3S2/c1-29(26,27)16-4-2-3-15-17(16)22-19(28-15)24-9-7-23(8-10-24)18(25)12-5-6-13(20)14(21)11-12/h2-6,11H,7-10H2,1H3. The number of nitrogens with zero attached hydrogens (tertiary/aromatic N) is 3. The predicted molar refractivity (Wildman–Crippen MR) is 107 cm³/mol. The fourth-order valence-electron chi connectivity index (χ4n) is 3.26. The molecule has 152 valence electrons. The van der Waals surface area contributed by atoms with Crippen LogP contribution in [0, 0.1) is 11.6 Å². The van der Waals surface area contributed by atoms with Crippen molar-refractivity contribution in [2.75, 3.05) is 37.3 Å². The molecule has 1 aliphatic heterocycles. The van der Waals surface area contributed by atoms with E-state index in [2.05, 4.69) is 4.98 Å². The minimum atomic E-state index is -3.39. The van der Waals surface area contributed by atoms with Gasteiger partial charge in [-0.25, -0.2) is 22.2 Å². The van der Waals surface area contributed by atoms with Crippen molar-refractivity contribution in [3.8, 4) is 0 Å². The minimum Gasteiger partial charge on any atom is -0.345 e. The summed E-state index contributed by atoms with van der Waals surface area (Å²) in [6.45, 7) is 1.80. The Bertz CT molecular complexity index is 1200. The van der Waals surface area contributed by atoms with E-state index in [-0.39, 0.29) is 16.4 Å². The number of carbonyl (C=O) groups is 1. The van der Waals surface area contributed by atoms with Gasteiger partial charge in [0.25, 0.3) is 5.91 Å². The summed E-state index contributed by atoms with van der Waals surface area (Å²) >= 11 is 1.40. The Morgan fingerprint density at radius 1 is 1.07 bits per heavy atom. The molecule has 1 aromatic heterocycles. The second kappa shape index (κ2) is 7.34. The van der Waals surface area contributed by atoms with Gasteiger partial charge in [0, 0.05) is 38.0 Å². The zero-order chi connectivity index (χ0) is 20.8. The smallest absolute Gasteiger partial charge is 0.254 e. The molecule has 4 rings (SSSR count). The van der Waals surface area contributed by atoms with Crippen LogP contribution in [0.1, 0.15) is 10.4 Å². The van der Waals surface area contributed by atoms with E-state index in [0.29, 0.717) is 36.8 Å². The number of piperazine rings is 1. The Kier molecular flexibility index (Phi) is 4.99. The highest BCUT2D eigenvalue weighted by atomic mass is 32.2. The number of thiazole rings is 1. The van der Waals surface area contributed by atoms with Crippen LogP contribution in [0.25, 0.3) is 10.2 Å². The first-order valence-electron chi connectivity index (χ1n) is 8.83. The average Bonchev–Trinajstić information content (AvgIpc) is 3.13. The van der Waals surface area contributed by atoms with Crippen LogP contribution in [-0.2, 0) is 9.84 Å². The minimum absolute atomic E-state index is 0.107. The van der Waals surface area contributed by atoms with Gasteiger partial charge < -0.3 is 9.80 Å². The van der Waals surface area contributed by atoms with Crippen molar-refractivity contribution in [2.24, 2.45) is 0 Å². The number of fused-ring (bicyclic) bond motifs is 1. The molecule has 0 aliphatic carbocycles. The van der Waals surface area contributed by atoms with Crippen molar-refractivity contribution in [1.82, 2.24) is 9.88 Å². The molecule has 3 aromatic rings. The number of benzene rings is 2. The van der Waals surface area contributed by atoms with Gasteiger partial charge in [-0.15, -0.1) is 0 Å². The maximum absolute atomic E-state index is 13.4. The van der Waals surface area contributed by atoms with Crippen LogP contribution in [0.2, 0.25) is 0 Å². The van der Waals surface area contributed by atoms with E-state index in [1.807, 2.05) is 11.0 Å². The van der Waals surface area contributed by atoms with E-state index >= 15 is 0 Å². The number of carbonyl (C=O) groups excluding carboxylic acids is 1. The molecule has 1 saturated heterocycles. The number of sulfone groups is 1. The van der Waals surface area contributed by atoms with E-state index in [0.717, 1.165) is 23.1 Å². The monoisotopic (exact) mass is 437 g/mol. The summed E-state index contributed by atoms with van der Waals surface area (Å²) in [4.78, 5) is 20.8. The van der Waals surface area contributed by atoms with Gasteiger partial charge >= 0.3 is 0 Å². The number of hydrogen-bond acceptors (Lipinski definition) is 6. The van der Waals surface area contributed by atoms with E-state index in [1.54, 1.807) is 17.0 Å². The van der Waals surface area contributed by atoms with E-state index < -0.39 is 21.5 Å². The number of amides is 1. The molecule has 29 heavy (non-hydrogen) atoms. The van der Waals surface area contributed by atoms with Gasteiger partial charge in [0.2, 0.25) is 0 Å². The third-order valence-electron chi connectivity index (χ3n) is 4.77. The van der Waals surface area contributed by atoms with Crippen molar-refractivity contribution in [1.29, 1.82) is 0 Å². The molecule has 0 spiro atoms. The Balaban J connectivity index is 1.51. The quantitative estimate of drug-likeness (QED) is 0.630. The van der Waals surface area contributed by atoms with E-state index in [1.165, 1.54) is 17.4 Å². The zero-order valence-corrected chi connectivity index (χ0v) is 17.1. The van der Waals surface area contributed by atoms with Gasteiger partial charge in [-0.05, 0) is 30.3 Å². The largest absolute Gasteiger partial charge is 0.345 e. The Labute approximate surface area is 170 Å². The molecule has 0 unspecified atom stereocenters. The third kappa shape index (κ3) is 3.82. The summed E-state index contributed by atoms with van der Waals surface area (Å²) < 4.78 is 51.2. The number of anilines is 1. The van der Waals surface area contributed by atoms with Gasteiger partial charge in [0.05, 0.1) is 9.60 Å². The van der Waals surface area contributed by atoms with Crippen LogP contribution in [0.5, 0.6) is 0 Å². The number of rotatable bonds is 3. The van der Waals surface area contributed by atoms with Crippen LogP contribution in [-0.4, -0.2) is 56.6 Å². The van der Waals surface area contributed by atoms with E-state index in [9.17, 15) is 22.0 Å². The summed E-state index contributed by atoms with van der Waals surface area (Å²) in [6.07, 6.45) is 1.16. The molecular weight excluding hydrogens is 420 g/mol. The molecule has 2 heterocycles. The van der Waals surface area contributed by atoms with Crippen molar-refractivity contribution in [3.63, 3.8) is 0 Å². The van der Waals surface area contributed by atoms with Crippen molar-refractivity contribution >= 4 is 42.4 Å². The lowest BCUT2D eigenvalue weighted by molar-refractivity contribution is 0.0746. The predicted octanol–water partition coefficient (Wildman–Crippen LogP) is 2.94. The molecule has 1 fully saturated rings. The van der Waals surface area contributed by atoms with Crippen molar-refractivity contribution in [3.05, 3.63) is 53.6 Å². The lowest BCUT2D eigenvalue weighted by atomic mass is 10.1. The summed E-state index contributed by atoms with van der Waals surface area (Å²) in [6, 6.07) is 8.18. The van der Waals surface area contributed by atoms with E-state index in [4.69, 9.17) is 0 Å². The molecule has 1 amide bonds. The Morgan fingerprint density at radius 3 is 2.45 bits per heavy atom. The molecule has 2 aromatic carbocycles. The Hall–Kier alpha value is -2.59. The molecule has 0 atom stereocenters. The lowest BCUT2D eigenvalue weighted by Gasteiger charge is -2.34. The molecule has 0 saturated carbocycles. The average molecular weight is 437 g/mol. The van der Waals surface area contributed by atoms with Gasteiger partial charge in [0.1, 0.15) is 5.52 Å². The number of para-hydroxylation sites is 1. The number of hydrogen-bond donors (Lipinski definition) is 0. The molecule has 10 heteroatoms. The van der Waals surface area contributed by atoms with Crippen LogP contribution in [0.3, 0.4) is 0 Å². The molecular formula is C19H17F2N3O3S2. The second-order valence-corrected chi connectivity index (χ2v) is 9.77. The highest BCUT2D eigenvalue weighted by molar-refractivity contribution is 7.91. The van der Waals surface area contributed by atoms with Gasteiger partial charge in [-0.3, -0.25) is 4.79 Å². The zero-order valence-electron chi connectivity index (χ0n) is 15.4. The van der Waals surface area contributed by atoms with Gasteiger partial charge in [-0.1, -0.05) is 17.4 Å². The third-order valence-corrected chi connectivity index (χ3v) is 6.98. The molecule has 0 N–H and O–H groups in total.